The van der Waals surface area contributed by atoms with Crippen LogP contribution in [-0.2, 0) is 10.1 Å². The lowest BCUT2D eigenvalue weighted by Gasteiger charge is -2.33. The lowest BCUT2D eigenvalue weighted by Crippen LogP contribution is -2.39. The van der Waals surface area contributed by atoms with E-state index in [1.807, 2.05) is 0 Å². The lowest BCUT2D eigenvalue weighted by molar-refractivity contribution is 0.0893. The van der Waals surface area contributed by atoms with Crippen molar-refractivity contribution in [2.75, 3.05) is 25.1 Å². The van der Waals surface area contributed by atoms with Crippen molar-refractivity contribution in [1.29, 1.82) is 0 Å². The Hall–Kier alpha value is -0.250. The van der Waals surface area contributed by atoms with E-state index in [4.69, 9.17) is 16.3 Å². The van der Waals surface area contributed by atoms with E-state index in [0.717, 1.165) is 35.4 Å². The summed E-state index contributed by atoms with van der Waals surface area (Å²) in [7, 11) is 1.79. The highest BCUT2D eigenvalue weighted by atomic mass is 79.9. The summed E-state index contributed by atoms with van der Waals surface area (Å²) in [6.45, 7) is 2.05. The van der Waals surface area contributed by atoms with Gasteiger partial charge in [-0.1, -0.05) is 33.6 Å². The highest BCUT2D eigenvalue weighted by molar-refractivity contribution is 9.08. The van der Waals surface area contributed by atoms with Crippen LogP contribution in [0, 0.1) is 0 Å². The van der Waals surface area contributed by atoms with E-state index in [9.17, 15) is 0 Å². The number of anilines is 1. The van der Waals surface area contributed by atoms with Gasteiger partial charge in [0.05, 0.1) is 6.10 Å². The van der Waals surface area contributed by atoms with E-state index in [-0.39, 0.29) is 0 Å². The first-order chi connectivity index (χ1) is 8.24. The molecule has 0 saturated carbocycles. The molecule has 1 saturated heterocycles. The molecule has 1 atom stereocenters. The zero-order valence-electron chi connectivity index (χ0n) is 9.96. The van der Waals surface area contributed by atoms with Crippen LogP contribution in [0.1, 0.15) is 18.4 Å². The Morgan fingerprint density at radius 2 is 2.35 bits per heavy atom. The van der Waals surface area contributed by atoms with Crippen molar-refractivity contribution in [3.8, 4) is 0 Å². The van der Waals surface area contributed by atoms with E-state index < -0.39 is 0 Å². The standard InChI is InChI=1S/C13H17BrClNO/c1-17-12-3-2-6-16(9-12)11-5-4-10(8-14)13(15)7-11/h4-5,7,12H,2-3,6,8-9H2,1H3. The SMILES string of the molecule is COC1CCCN(c2ccc(CBr)c(Cl)c2)C1. The molecule has 4 heteroatoms. The molecule has 0 amide bonds. The third-order valence-corrected chi connectivity index (χ3v) is 4.21. The number of ether oxygens (including phenoxy) is 1. The van der Waals surface area contributed by atoms with Crippen LogP contribution in [0.3, 0.4) is 0 Å². The predicted octanol–water partition coefficient (Wildman–Crippen LogP) is 3.85. The van der Waals surface area contributed by atoms with Crippen LogP contribution in [0.15, 0.2) is 18.2 Å². The van der Waals surface area contributed by atoms with Crippen LogP contribution in [-0.4, -0.2) is 26.3 Å². The van der Waals surface area contributed by atoms with Crippen LogP contribution in [0.25, 0.3) is 0 Å². The smallest absolute Gasteiger partial charge is 0.0746 e. The van der Waals surface area contributed by atoms with Gasteiger partial charge < -0.3 is 9.64 Å². The maximum Gasteiger partial charge on any atom is 0.0746 e. The molecular weight excluding hydrogens is 302 g/mol. The molecule has 1 aliphatic heterocycles. The quantitative estimate of drug-likeness (QED) is 0.785. The molecule has 17 heavy (non-hydrogen) atoms. The molecule has 1 aliphatic rings. The van der Waals surface area contributed by atoms with Crippen molar-refractivity contribution < 1.29 is 4.74 Å². The Morgan fingerprint density at radius 1 is 1.53 bits per heavy atom. The van der Waals surface area contributed by atoms with Crippen molar-refractivity contribution >= 4 is 33.2 Å². The second-order valence-corrected chi connectivity index (χ2v) is 5.32. The zero-order chi connectivity index (χ0) is 12.3. The van der Waals surface area contributed by atoms with Gasteiger partial charge in [0.2, 0.25) is 0 Å². The van der Waals surface area contributed by atoms with E-state index >= 15 is 0 Å². The fraction of sp³-hybridized carbons (Fsp3) is 0.538. The molecule has 1 aromatic rings. The first-order valence-corrected chi connectivity index (χ1v) is 7.36. The molecule has 0 spiro atoms. The second kappa shape index (κ2) is 6.07. The van der Waals surface area contributed by atoms with Crippen molar-refractivity contribution in [2.45, 2.75) is 24.3 Å². The van der Waals surface area contributed by atoms with Crippen molar-refractivity contribution in [3.63, 3.8) is 0 Å². The van der Waals surface area contributed by atoms with E-state index in [1.165, 1.54) is 12.1 Å². The fourth-order valence-corrected chi connectivity index (χ4v) is 3.10. The zero-order valence-corrected chi connectivity index (χ0v) is 12.3. The number of halogens is 2. The Kier molecular flexibility index (Phi) is 4.71. The van der Waals surface area contributed by atoms with Crippen molar-refractivity contribution in [1.82, 2.24) is 0 Å². The minimum Gasteiger partial charge on any atom is -0.380 e. The van der Waals surface area contributed by atoms with Gasteiger partial charge in [-0.25, -0.2) is 0 Å². The predicted molar refractivity (Wildman–Crippen MR) is 76.3 cm³/mol. The fourth-order valence-electron chi connectivity index (χ4n) is 2.21. The number of benzene rings is 1. The number of hydrogen-bond donors (Lipinski definition) is 0. The summed E-state index contributed by atoms with van der Waals surface area (Å²) >= 11 is 9.66. The molecule has 1 heterocycles. The average molecular weight is 319 g/mol. The van der Waals surface area contributed by atoms with Gasteiger partial charge in [-0.05, 0) is 30.5 Å². The third kappa shape index (κ3) is 3.15. The van der Waals surface area contributed by atoms with Gasteiger partial charge in [0.15, 0.2) is 0 Å². The minimum absolute atomic E-state index is 0.346. The van der Waals surface area contributed by atoms with Crippen LogP contribution in [0.5, 0.6) is 0 Å². The average Bonchev–Trinajstić information content (AvgIpc) is 2.38. The van der Waals surface area contributed by atoms with Crippen LogP contribution in [0.4, 0.5) is 5.69 Å². The van der Waals surface area contributed by atoms with Gasteiger partial charge in [-0.3, -0.25) is 0 Å². The Morgan fingerprint density at radius 3 is 3.00 bits per heavy atom. The van der Waals surface area contributed by atoms with Gasteiger partial charge in [0.25, 0.3) is 0 Å². The largest absolute Gasteiger partial charge is 0.380 e. The number of alkyl halides is 1. The van der Waals surface area contributed by atoms with Crippen LogP contribution in [0.2, 0.25) is 5.02 Å². The summed E-state index contributed by atoms with van der Waals surface area (Å²) in [5.41, 5.74) is 2.33. The number of nitrogens with zero attached hydrogens (tertiary/aromatic N) is 1. The number of hydrogen-bond acceptors (Lipinski definition) is 2. The molecule has 0 aliphatic carbocycles. The van der Waals surface area contributed by atoms with Gasteiger partial charge in [-0.2, -0.15) is 0 Å². The highest BCUT2D eigenvalue weighted by Gasteiger charge is 2.19. The van der Waals surface area contributed by atoms with Crippen molar-refractivity contribution in [3.05, 3.63) is 28.8 Å². The second-order valence-electron chi connectivity index (χ2n) is 4.36. The first kappa shape index (κ1) is 13.2. The molecule has 0 aromatic heterocycles. The third-order valence-electron chi connectivity index (χ3n) is 3.26. The lowest BCUT2D eigenvalue weighted by atomic mass is 10.1. The molecule has 94 valence electrons. The monoisotopic (exact) mass is 317 g/mol. The number of piperidine rings is 1. The Balaban J connectivity index is 2.13. The summed E-state index contributed by atoms with van der Waals surface area (Å²) in [5, 5.41) is 1.63. The van der Waals surface area contributed by atoms with Gasteiger partial charge in [0.1, 0.15) is 0 Å². The van der Waals surface area contributed by atoms with E-state index in [1.54, 1.807) is 7.11 Å². The Bertz CT molecular complexity index is 386. The van der Waals surface area contributed by atoms with E-state index in [2.05, 4.69) is 39.0 Å². The summed E-state index contributed by atoms with van der Waals surface area (Å²) < 4.78 is 5.44. The van der Waals surface area contributed by atoms with Gasteiger partial charge in [-0.15, -0.1) is 0 Å². The normalized spacial score (nSPS) is 20.6. The summed E-state index contributed by atoms with van der Waals surface area (Å²) in [6.07, 6.45) is 2.68. The summed E-state index contributed by atoms with van der Waals surface area (Å²) in [6, 6.07) is 6.28. The van der Waals surface area contributed by atoms with Crippen LogP contribution >= 0.6 is 27.5 Å². The molecule has 2 rings (SSSR count). The molecule has 0 bridgehead atoms. The molecule has 1 aromatic carbocycles. The highest BCUT2D eigenvalue weighted by Crippen LogP contribution is 2.27. The maximum absolute atomic E-state index is 6.23. The Labute approximate surface area is 116 Å². The van der Waals surface area contributed by atoms with E-state index in [0.29, 0.717) is 6.10 Å². The molecular formula is C13H17BrClNO. The topological polar surface area (TPSA) is 12.5 Å². The van der Waals surface area contributed by atoms with Crippen LogP contribution < -0.4 is 4.90 Å². The van der Waals surface area contributed by atoms with Gasteiger partial charge in [0, 0.05) is 36.2 Å². The van der Waals surface area contributed by atoms with Gasteiger partial charge >= 0.3 is 0 Å². The molecule has 1 unspecified atom stereocenters. The summed E-state index contributed by atoms with van der Waals surface area (Å²) in [5.74, 6) is 0. The first-order valence-electron chi connectivity index (χ1n) is 5.86. The molecule has 0 radical (unpaired) electrons. The number of rotatable bonds is 3. The minimum atomic E-state index is 0.346. The molecule has 2 nitrogen and oxygen atoms in total. The molecule has 0 N–H and O–H groups in total. The maximum atomic E-state index is 6.23. The number of methoxy groups -OCH3 is 1. The molecule has 1 fully saturated rings. The van der Waals surface area contributed by atoms with Crippen molar-refractivity contribution in [2.24, 2.45) is 0 Å². The summed E-state index contributed by atoms with van der Waals surface area (Å²) in [4.78, 5) is 2.35.